The SMILES string of the molecule is CCC(Cc1ccccc1)NC(=O)c1nnc(Cc2ccc3c(c2)OCO3)o1. The van der Waals surface area contributed by atoms with Crippen molar-refractivity contribution < 1.29 is 18.7 Å². The molecule has 0 bridgehead atoms. The van der Waals surface area contributed by atoms with Crippen molar-refractivity contribution >= 4 is 5.91 Å². The maximum atomic E-state index is 12.5. The first kappa shape index (κ1) is 18.0. The van der Waals surface area contributed by atoms with E-state index in [-0.39, 0.29) is 24.6 Å². The summed E-state index contributed by atoms with van der Waals surface area (Å²) >= 11 is 0. The molecule has 4 rings (SSSR count). The van der Waals surface area contributed by atoms with E-state index in [2.05, 4.69) is 15.5 Å². The second-order valence-electron chi connectivity index (χ2n) is 6.63. The van der Waals surface area contributed by atoms with Gasteiger partial charge in [-0.2, -0.15) is 0 Å². The Morgan fingerprint density at radius 2 is 1.89 bits per heavy atom. The zero-order valence-corrected chi connectivity index (χ0v) is 15.6. The predicted molar refractivity (Wildman–Crippen MR) is 101 cm³/mol. The van der Waals surface area contributed by atoms with E-state index in [0.717, 1.165) is 24.2 Å². The minimum atomic E-state index is -0.354. The second kappa shape index (κ2) is 8.12. The van der Waals surface area contributed by atoms with Crippen molar-refractivity contribution in [2.75, 3.05) is 6.79 Å². The van der Waals surface area contributed by atoms with Gasteiger partial charge in [-0.25, -0.2) is 0 Å². The average molecular weight is 379 g/mol. The molecule has 1 N–H and O–H groups in total. The maximum absolute atomic E-state index is 12.5. The number of aromatic nitrogens is 2. The van der Waals surface area contributed by atoms with Crippen molar-refractivity contribution in [2.24, 2.45) is 0 Å². The molecule has 0 saturated heterocycles. The molecule has 2 heterocycles. The normalized spacial score (nSPS) is 13.3. The Morgan fingerprint density at radius 3 is 2.71 bits per heavy atom. The highest BCUT2D eigenvalue weighted by Gasteiger charge is 2.19. The van der Waals surface area contributed by atoms with Gasteiger partial charge in [0.15, 0.2) is 11.5 Å². The molecule has 1 amide bonds. The van der Waals surface area contributed by atoms with Crippen LogP contribution in [0.5, 0.6) is 11.5 Å². The van der Waals surface area contributed by atoms with Gasteiger partial charge in [-0.05, 0) is 36.1 Å². The minimum absolute atomic E-state index is 0.000824. The van der Waals surface area contributed by atoms with Crippen molar-refractivity contribution in [3.05, 3.63) is 71.4 Å². The topological polar surface area (TPSA) is 86.5 Å². The molecule has 2 aromatic carbocycles. The molecule has 1 unspecified atom stereocenters. The number of fused-ring (bicyclic) bond motifs is 1. The average Bonchev–Trinajstić information content (AvgIpc) is 3.37. The molecule has 0 spiro atoms. The summed E-state index contributed by atoms with van der Waals surface area (Å²) in [5.74, 6) is 1.41. The Bertz CT molecular complexity index is 955. The van der Waals surface area contributed by atoms with Crippen LogP contribution in [0.15, 0.2) is 52.9 Å². The van der Waals surface area contributed by atoms with E-state index in [0.29, 0.717) is 18.1 Å². The van der Waals surface area contributed by atoms with E-state index >= 15 is 0 Å². The highest BCUT2D eigenvalue weighted by molar-refractivity contribution is 5.89. The highest BCUT2D eigenvalue weighted by atomic mass is 16.7. The van der Waals surface area contributed by atoms with Crippen LogP contribution < -0.4 is 14.8 Å². The number of nitrogens with zero attached hydrogens (tertiary/aromatic N) is 2. The van der Waals surface area contributed by atoms with Gasteiger partial charge in [0.1, 0.15) is 0 Å². The van der Waals surface area contributed by atoms with Crippen LogP contribution in [0.4, 0.5) is 0 Å². The number of hydrogen-bond acceptors (Lipinski definition) is 6. The summed E-state index contributed by atoms with van der Waals surface area (Å²) < 4.78 is 16.2. The molecule has 1 aliphatic rings. The van der Waals surface area contributed by atoms with Crippen LogP contribution in [0.3, 0.4) is 0 Å². The molecule has 0 radical (unpaired) electrons. The van der Waals surface area contributed by atoms with Crippen LogP contribution >= 0.6 is 0 Å². The summed E-state index contributed by atoms with van der Waals surface area (Å²) in [6, 6.07) is 15.7. The predicted octanol–water partition coefficient (Wildman–Crippen LogP) is 3.14. The highest BCUT2D eigenvalue weighted by Crippen LogP contribution is 2.33. The first-order valence-electron chi connectivity index (χ1n) is 9.27. The van der Waals surface area contributed by atoms with Gasteiger partial charge in [0.25, 0.3) is 0 Å². The summed E-state index contributed by atoms with van der Waals surface area (Å²) in [6.45, 7) is 2.26. The van der Waals surface area contributed by atoms with Gasteiger partial charge in [0, 0.05) is 6.04 Å². The molecule has 144 valence electrons. The standard InChI is InChI=1S/C21H21N3O4/c1-2-16(10-14-6-4-3-5-7-14)22-20(25)21-24-23-19(28-21)12-15-8-9-17-18(11-15)27-13-26-17/h3-9,11,16H,2,10,12-13H2,1H3,(H,22,25). The number of rotatable bonds is 7. The van der Waals surface area contributed by atoms with Crippen LogP contribution in [-0.2, 0) is 12.8 Å². The van der Waals surface area contributed by atoms with Crippen LogP contribution in [0.1, 0.15) is 41.0 Å². The third kappa shape index (κ3) is 4.14. The Balaban J connectivity index is 1.38. The third-order valence-corrected chi connectivity index (χ3v) is 4.61. The number of nitrogens with one attached hydrogen (secondary N) is 1. The van der Waals surface area contributed by atoms with Crippen LogP contribution in [0, 0.1) is 0 Å². The molecule has 1 aromatic heterocycles. The number of carbonyl (C=O) groups is 1. The fourth-order valence-corrected chi connectivity index (χ4v) is 3.09. The Kier molecular flexibility index (Phi) is 5.23. The van der Waals surface area contributed by atoms with E-state index in [1.54, 1.807) is 0 Å². The molecule has 28 heavy (non-hydrogen) atoms. The van der Waals surface area contributed by atoms with Gasteiger partial charge < -0.3 is 19.2 Å². The van der Waals surface area contributed by atoms with Gasteiger partial charge in [0.2, 0.25) is 12.7 Å². The fraction of sp³-hybridized carbons (Fsp3) is 0.286. The Morgan fingerprint density at radius 1 is 1.07 bits per heavy atom. The molecular formula is C21H21N3O4. The Hall–Kier alpha value is -3.35. The van der Waals surface area contributed by atoms with Gasteiger partial charge in [0.05, 0.1) is 6.42 Å². The van der Waals surface area contributed by atoms with Crippen molar-refractivity contribution in [1.29, 1.82) is 0 Å². The van der Waals surface area contributed by atoms with Gasteiger partial charge in [-0.1, -0.05) is 43.3 Å². The van der Waals surface area contributed by atoms with Crippen molar-refractivity contribution in [2.45, 2.75) is 32.2 Å². The van der Waals surface area contributed by atoms with E-state index in [9.17, 15) is 4.79 Å². The van der Waals surface area contributed by atoms with Crippen LogP contribution in [0.25, 0.3) is 0 Å². The lowest BCUT2D eigenvalue weighted by Gasteiger charge is -2.15. The lowest BCUT2D eigenvalue weighted by Crippen LogP contribution is -2.36. The first-order chi connectivity index (χ1) is 13.7. The molecule has 0 aliphatic carbocycles. The lowest BCUT2D eigenvalue weighted by molar-refractivity contribution is 0.0899. The van der Waals surface area contributed by atoms with E-state index in [4.69, 9.17) is 13.9 Å². The van der Waals surface area contributed by atoms with Crippen molar-refractivity contribution in [3.63, 3.8) is 0 Å². The number of amides is 1. The molecule has 0 fully saturated rings. The number of benzene rings is 2. The lowest BCUT2D eigenvalue weighted by atomic mass is 10.0. The summed E-state index contributed by atoms with van der Waals surface area (Å²) in [7, 11) is 0. The molecule has 7 heteroatoms. The summed E-state index contributed by atoms with van der Waals surface area (Å²) in [5, 5.41) is 10.9. The molecule has 7 nitrogen and oxygen atoms in total. The molecule has 0 saturated carbocycles. The third-order valence-electron chi connectivity index (χ3n) is 4.61. The van der Waals surface area contributed by atoms with Crippen molar-refractivity contribution in [1.82, 2.24) is 15.5 Å². The van der Waals surface area contributed by atoms with Crippen LogP contribution in [0.2, 0.25) is 0 Å². The zero-order valence-electron chi connectivity index (χ0n) is 15.6. The van der Waals surface area contributed by atoms with Crippen LogP contribution in [-0.4, -0.2) is 28.9 Å². The zero-order chi connectivity index (χ0) is 19.3. The number of carbonyl (C=O) groups excluding carboxylic acids is 1. The summed E-state index contributed by atoms with van der Waals surface area (Å²) in [5.41, 5.74) is 2.11. The van der Waals surface area contributed by atoms with E-state index in [1.807, 2.05) is 55.5 Å². The molecule has 1 atom stereocenters. The number of ether oxygens (including phenoxy) is 2. The Labute approximate surface area is 162 Å². The van der Waals surface area contributed by atoms with E-state index < -0.39 is 0 Å². The minimum Gasteiger partial charge on any atom is -0.454 e. The van der Waals surface area contributed by atoms with Crippen molar-refractivity contribution in [3.8, 4) is 11.5 Å². The molecule has 3 aromatic rings. The monoisotopic (exact) mass is 379 g/mol. The molecular weight excluding hydrogens is 358 g/mol. The smallest absolute Gasteiger partial charge is 0.309 e. The molecule has 1 aliphatic heterocycles. The quantitative estimate of drug-likeness (QED) is 0.679. The summed E-state index contributed by atoms with van der Waals surface area (Å²) in [6.07, 6.45) is 1.97. The van der Waals surface area contributed by atoms with E-state index in [1.165, 1.54) is 5.56 Å². The number of hydrogen-bond donors (Lipinski definition) is 1. The fourth-order valence-electron chi connectivity index (χ4n) is 3.09. The van der Waals surface area contributed by atoms with Gasteiger partial charge >= 0.3 is 11.8 Å². The maximum Gasteiger partial charge on any atom is 0.309 e. The van der Waals surface area contributed by atoms with Gasteiger partial charge in [-0.3, -0.25) is 4.79 Å². The summed E-state index contributed by atoms with van der Waals surface area (Å²) in [4.78, 5) is 12.5. The first-order valence-corrected chi connectivity index (χ1v) is 9.27. The largest absolute Gasteiger partial charge is 0.454 e. The second-order valence-corrected chi connectivity index (χ2v) is 6.63. The van der Waals surface area contributed by atoms with Gasteiger partial charge in [-0.15, -0.1) is 10.2 Å².